The summed E-state index contributed by atoms with van der Waals surface area (Å²) in [4.78, 5) is 12.9. The largest absolute Gasteiger partial charge is 0.393 e. The van der Waals surface area contributed by atoms with Crippen LogP contribution < -0.4 is 0 Å². The lowest BCUT2D eigenvalue weighted by atomic mass is 9.48. The van der Waals surface area contributed by atoms with Gasteiger partial charge in [-0.25, -0.2) is 0 Å². The second-order valence-electron chi connectivity index (χ2n) is 9.10. The molecular weight excluding hydrogens is 284 g/mol. The number of aliphatic hydroxyl groups excluding tert-OH is 1. The van der Waals surface area contributed by atoms with Gasteiger partial charge in [0, 0.05) is 5.92 Å². The third-order valence-electron chi connectivity index (χ3n) is 8.24. The molecule has 0 bridgehead atoms. The molecule has 0 amide bonds. The van der Waals surface area contributed by atoms with Gasteiger partial charge < -0.3 is 5.11 Å². The molecule has 7 unspecified atom stereocenters. The van der Waals surface area contributed by atoms with Crippen LogP contribution in [0.5, 0.6) is 0 Å². The number of hydrogen-bond acceptors (Lipinski definition) is 2. The van der Waals surface area contributed by atoms with E-state index in [2.05, 4.69) is 26.5 Å². The Bertz CT molecular complexity index is 576. The number of carbonyl (C=O) groups is 1. The Balaban J connectivity index is 1.74. The van der Waals surface area contributed by atoms with E-state index in [4.69, 9.17) is 0 Å². The second kappa shape index (κ2) is 5.05. The zero-order chi connectivity index (χ0) is 16.4. The molecule has 3 saturated carbocycles. The predicted octanol–water partition coefficient (Wildman–Crippen LogP) is 4.29. The van der Waals surface area contributed by atoms with Crippen LogP contribution in [0.4, 0.5) is 0 Å². The van der Waals surface area contributed by atoms with Crippen LogP contribution >= 0.6 is 0 Å². The fourth-order valence-corrected chi connectivity index (χ4v) is 6.77. The summed E-state index contributed by atoms with van der Waals surface area (Å²) in [5, 5.41) is 10.1. The van der Waals surface area contributed by atoms with Crippen LogP contribution in [-0.2, 0) is 4.79 Å². The van der Waals surface area contributed by atoms with Crippen LogP contribution in [0.2, 0.25) is 0 Å². The molecule has 0 radical (unpaired) electrons. The minimum absolute atomic E-state index is 0.0426. The van der Waals surface area contributed by atoms with E-state index in [1.807, 2.05) is 6.08 Å². The molecular formula is C21H30O2. The summed E-state index contributed by atoms with van der Waals surface area (Å²) >= 11 is 0. The van der Waals surface area contributed by atoms with E-state index in [1.54, 1.807) is 0 Å². The summed E-state index contributed by atoms with van der Waals surface area (Å²) in [6.45, 7) is 8.83. The first-order valence-corrected chi connectivity index (χ1v) is 9.46. The van der Waals surface area contributed by atoms with E-state index in [1.165, 1.54) is 31.3 Å². The van der Waals surface area contributed by atoms with Gasteiger partial charge in [-0.3, -0.25) is 4.79 Å². The van der Waals surface area contributed by atoms with Gasteiger partial charge in [0.05, 0.1) is 6.10 Å². The van der Waals surface area contributed by atoms with Gasteiger partial charge in [-0.15, -0.1) is 6.58 Å². The van der Waals surface area contributed by atoms with Gasteiger partial charge in [-0.05, 0) is 79.6 Å². The van der Waals surface area contributed by atoms with E-state index in [-0.39, 0.29) is 17.4 Å². The fourth-order valence-electron chi connectivity index (χ4n) is 6.77. The van der Waals surface area contributed by atoms with Crippen LogP contribution in [0.25, 0.3) is 0 Å². The maximum absolute atomic E-state index is 12.9. The Morgan fingerprint density at radius 3 is 2.52 bits per heavy atom. The fraction of sp³-hybridized carbons (Fsp3) is 0.762. The minimum Gasteiger partial charge on any atom is -0.393 e. The van der Waals surface area contributed by atoms with Crippen LogP contribution in [0.3, 0.4) is 0 Å². The highest BCUT2D eigenvalue weighted by Crippen LogP contribution is 2.65. The van der Waals surface area contributed by atoms with Gasteiger partial charge in [0.2, 0.25) is 0 Å². The summed E-state index contributed by atoms with van der Waals surface area (Å²) in [6, 6.07) is 0. The molecule has 3 fully saturated rings. The molecule has 4 aliphatic rings. The van der Waals surface area contributed by atoms with Gasteiger partial charge >= 0.3 is 0 Å². The van der Waals surface area contributed by atoms with E-state index < -0.39 is 0 Å². The van der Waals surface area contributed by atoms with E-state index in [0.29, 0.717) is 35.4 Å². The summed E-state index contributed by atoms with van der Waals surface area (Å²) in [7, 11) is 0. The van der Waals surface area contributed by atoms with E-state index in [9.17, 15) is 9.90 Å². The number of hydrogen-bond donors (Lipinski definition) is 1. The number of carbonyl (C=O) groups excluding carboxylic acids is 1. The Labute approximate surface area is 140 Å². The summed E-state index contributed by atoms with van der Waals surface area (Å²) in [6.07, 6.45) is 11.3. The maximum atomic E-state index is 12.9. The molecule has 0 aromatic rings. The second-order valence-corrected chi connectivity index (χ2v) is 9.10. The molecule has 0 heterocycles. The standard InChI is InChI=1S/C21H30O2/c1-4-13-5-6-16-15-12-19(23)18-11-14(22)7-9-21(18,3)17(15)8-10-20(13,16)2/h4,12-14,16-18,22H,1,5-11H2,2-3H3. The van der Waals surface area contributed by atoms with Crippen LogP contribution in [0.15, 0.2) is 24.3 Å². The van der Waals surface area contributed by atoms with Crippen molar-refractivity contribution in [1.82, 2.24) is 0 Å². The zero-order valence-corrected chi connectivity index (χ0v) is 14.6. The number of rotatable bonds is 1. The number of allylic oxidation sites excluding steroid dienone is 3. The molecule has 0 aromatic heterocycles. The quantitative estimate of drug-likeness (QED) is 0.733. The first-order valence-electron chi connectivity index (χ1n) is 9.46. The molecule has 0 saturated heterocycles. The highest BCUT2D eigenvalue weighted by atomic mass is 16.3. The third-order valence-corrected chi connectivity index (χ3v) is 8.24. The smallest absolute Gasteiger partial charge is 0.159 e. The van der Waals surface area contributed by atoms with Crippen molar-refractivity contribution < 1.29 is 9.90 Å². The van der Waals surface area contributed by atoms with Gasteiger partial charge in [0.15, 0.2) is 5.78 Å². The summed E-state index contributed by atoms with van der Waals surface area (Å²) in [5.74, 6) is 2.06. The summed E-state index contributed by atoms with van der Waals surface area (Å²) in [5.41, 5.74) is 1.85. The lowest BCUT2D eigenvalue weighted by Crippen LogP contribution is -2.52. The van der Waals surface area contributed by atoms with Crippen LogP contribution in [0, 0.1) is 34.5 Å². The van der Waals surface area contributed by atoms with Gasteiger partial charge in [-0.2, -0.15) is 0 Å². The normalized spacial score (nSPS) is 52.2. The van der Waals surface area contributed by atoms with Gasteiger partial charge in [0.25, 0.3) is 0 Å². The summed E-state index contributed by atoms with van der Waals surface area (Å²) < 4.78 is 0. The van der Waals surface area contributed by atoms with Gasteiger partial charge in [0.1, 0.15) is 0 Å². The van der Waals surface area contributed by atoms with Crippen molar-refractivity contribution in [3.8, 4) is 0 Å². The number of fused-ring (bicyclic) bond motifs is 5. The highest BCUT2D eigenvalue weighted by molar-refractivity contribution is 5.94. The number of aliphatic hydroxyl groups is 1. The Hall–Kier alpha value is -0.890. The SMILES string of the molecule is C=CC1CCC2C3=CC(=O)C4CC(O)CCC4(C)C3CCC12C. The highest BCUT2D eigenvalue weighted by Gasteiger charge is 2.58. The monoisotopic (exact) mass is 314 g/mol. The molecule has 2 heteroatoms. The van der Waals surface area contributed by atoms with Crippen LogP contribution in [0.1, 0.15) is 58.8 Å². The van der Waals surface area contributed by atoms with Crippen LogP contribution in [-0.4, -0.2) is 17.0 Å². The van der Waals surface area contributed by atoms with Crippen molar-refractivity contribution in [2.75, 3.05) is 0 Å². The molecule has 4 aliphatic carbocycles. The van der Waals surface area contributed by atoms with E-state index >= 15 is 0 Å². The molecule has 0 aromatic carbocycles. The lowest BCUT2D eigenvalue weighted by molar-refractivity contribution is -0.132. The Morgan fingerprint density at radius 2 is 1.78 bits per heavy atom. The lowest BCUT2D eigenvalue weighted by Gasteiger charge is -2.56. The molecule has 0 spiro atoms. The third kappa shape index (κ3) is 2.00. The first-order chi connectivity index (χ1) is 10.9. The number of ketones is 1. The van der Waals surface area contributed by atoms with Crippen molar-refractivity contribution in [1.29, 1.82) is 0 Å². The molecule has 1 N–H and O–H groups in total. The zero-order valence-electron chi connectivity index (χ0n) is 14.6. The Kier molecular flexibility index (Phi) is 3.43. The molecule has 23 heavy (non-hydrogen) atoms. The average Bonchev–Trinajstić information content (AvgIpc) is 2.86. The van der Waals surface area contributed by atoms with Crippen molar-refractivity contribution in [2.45, 2.75) is 64.9 Å². The van der Waals surface area contributed by atoms with E-state index in [0.717, 1.165) is 12.8 Å². The first kappa shape index (κ1) is 15.6. The van der Waals surface area contributed by atoms with Crippen molar-refractivity contribution in [3.05, 3.63) is 24.3 Å². The van der Waals surface area contributed by atoms with Crippen molar-refractivity contribution >= 4 is 5.78 Å². The molecule has 2 nitrogen and oxygen atoms in total. The molecule has 7 atom stereocenters. The molecule has 126 valence electrons. The average molecular weight is 314 g/mol. The minimum atomic E-state index is -0.280. The van der Waals surface area contributed by atoms with Crippen molar-refractivity contribution in [2.24, 2.45) is 34.5 Å². The molecule has 4 rings (SSSR count). The maximum Gasteiger partial charge on any atom is 0.159 e. The van der Waals surface area contributed by atoms with Gasteiger partial charge in [-0.1, -0.05) is 25.5 Å². The molecule has 0 aliphatic heterocycles. The predicted molar refractivity (Wildman–Crippen MR) is 91.8 cm³/mol. The Morgan fingerprint density at radius 1 is 1.09 bits per heavy atom. The topological polar surface area (TPSA) is 37.3 Å². The van der Waals surface area contributed by atoms with Crippen molar-refractivity contribution in [3.63, 3.8) is 0 Å².